The molecule has 0 spiro atoms. The Bertz CT molecular complexity index is 1210. The van der Waals surface area contributed by atoms with E-state index in [-0.39, 0.29) is 23.6 Å². The molecule has 3 amide bonds. The van der Waals surface area contributed by atoms with Gasteiger partial charge in [0.15, 0.2) is 0 Å². The lowest BCUT2D eigenvalue weighted by atomic mass is 9.96. The topological polar surface area (TPSA) is 74.7 Å². The molecule has 2 heterocycles. The van der Waals surface area contributed by atoms with Crippen LogP contribution in [0.1, 0.15) is 42.6 Å². The third-order valence-corrected chi connectivity index (χ3v) is 6.84. The van der Waals surface area contributed by atoms with Crippen LogP contribution in [0.5, 0.6) is 0 Å². The summed E-state index contributed by atoms with van der Waals surface area (Å²) in [5, 5.41) is 4.00. The van der Waals surface area contributed by atoms with Gasteiger partial charge >= 0.3 is 0 Å². The minimum atomic E-state index is -0.245. The van der Waals surface area contributed by atoms with Gasteiger partial charge in [0.25, 0.3) is 5.91 Å². The molecule has 7 nitrogen and oxygen atoms in total. The molecule has 7 heteroatoms. The molecular weight excluding hydrogens is 440 g/mol. The Balaban J connectivity index is 1.40. The molecule has 1 aliphatic rings. The van der Waals surface area contributed by atoms with Gasteiger partial charge in [-0.2, -0.15) is 0 Å². The molecule has 4 rings (SSSR count). The number of rotatable bonds is 7. The molecule has 2 aromatic carbocycles. The number of piperidine rings is 1. The van der Waals surface area contributed by atoms with E-state index >= 15 is 0 Å². The summed E-state index contributed by atoms with van der Waals surface area (Å²) < 4.78 is 1.94. The molecule has 3 aromatic rings. The van der Waals surface area contributed by atoms with Crippen LogP contribution in [0.15, 0.2) is 54.7 Å². The number of benzene rings is 2. The van der Waals surface area contributed by atoms with Crippen LogP contribution >= 0.6 is 0 Å². The molecular formula is C28H34N4O3. The first-order chi connectivity index (χ1) is 16.9. The second-order valence-corrected chi connectivity index (χ2v) is 9.23. The fraction of sp³-hybridized carbons (Fsp3) is 0.393. The number of amides is 3. The van der Waals surface area contributed by atoms with Gasteiger partial charge in [-0.1, -0.05) is 17.7 Å². The summed E-state index contributed by atoms with van der Waals surface area (Å²) in [4.78, 5) is 42.1. The molecule has 184 valence electrons. The number of aryl methyl sites for hydroxylation is 1. The number of carbonyl (C=O) groups excluding carboxylic acids is 3. The molecule has 1 aromatic heterocycles. The summed E-state index contributed by atoms with van der Waals surface area (Å²) in [5.41, 5.74) is 3.44. The van der Waals surface area contributed by atoms with Gasteiger partial charge in [0, 0.05) is 54.5 Å². The predicted octanol–water partition coefficient (Wildman–Crippen LogP) is 4.31. The largest absolute Gasteiger partial charge is 0.342 e. The van der Waals surface area contributed by atoms with E-state index in [2.05, 4.69) is 5.32 Å². The fourth-order valence-electron chi connectivity index (χ4n) is 4.74. The lowest BCUT2D eigenvalue weighted by molar-refractivity contribution is -0.131. The normalized spacial score (nSPS) is 15.7. The summed E-state index contributed by atoms with van der Waals surface area (Å²) in [6.45, 7) is 8.73. The van der Waals surface area contributed by atoms with Gasteiger partial charge in [0.05, 0.1) is 5.92 Å². The average Bonchev–Trinajstić information content (AvgIpc) is 3.26. The SMILES string of the molecule is CCN(CC)C(=O)Cn1ccc2cc(NC(=O)C3CCCN(C(=O)c4ccc(C)cc4)C3)ccc21. The standard InChI is InChI=1S/C28H34N4O3/c1-4-30(5-2)26(33)19-31-16-14-22-17-24(12-13-25(22)31)29-27(34)23-7-6-15-32(18-23)28(35)21-10-8-20(3)9-11-21/h8-14,16-17,23H,4-7,15,18-19H2,1-3H3,(H,29,34). The number of nitrogens with zero attached hydrogens (tertiary/aromatic N) is 3. The third-order valence-electron chi connectivity index (χ3n) is 6.84. The van der Waals surface area contributed by atoms with Crippen molar-refractivity contribution in [3.8, 4) is 0 Å². The van der Waals surface area contributed by atoms with Crippen LogP contribution in [0, 0.1) is 12.8 Å². The highest BCUT2D eigenvalue weighted by molar-refractivity contribution is 5.97. The van der Waals surface area contributed by atoms with Gasteiger partial charge in [0.2, 0.25) is 11.8 Å². The second-order valence-electron chi connectivity index (χ2n) is 9.23. The number of likely N-dealkylation sites (N-methyl/N-ethyl adjacent to an activating group) is 1. The van der Waals surface area contributed by atoms with Gasteiger partial charge in [-0.3, -0.25) is 14.4 Å². The average molecular weight is 475 g/mol. The summed E-state index contributed by atoms with van der Waals surface area (Å²) in [5.74, 6) is -0.247. The maximum absolute atomic E-state index is 13.0. The van der Waals surface area contributed by atoms with Gasteiger partial charge in [-0.25, -0.2) is 0 Å². The van der Waals surface area contributed by atoms with Crippen molar-refractivity contribution in [2.45, 2.75) is 40.2 Å². The number of hydrogen-bond donors (Lipinski definition) is 1. The summed E-state index contributed by atoms with van der Waals surface area (Å²) in [6, 6.07) is 15.3. The van der Waals surface area contributed by atoms with Crippen LogP contribution in [0.25, 0.3) is 10.9 Å². The Hall–Kier alpha value is -3.61. The maximum Gasteiger partial charge on any atom is 0.253 e. The molecule has 1 fully saturated rings. The molecule has 1 atom stereocenters. The van der Waals surface area contributed by atoms with E-state index in [1.54, 1.807) is 4.90 Å². The molecule has 1 saturated heterocycles. The summed E-state index contributed by atoms with van der Waals surface area (Å²) >= 11 is 0. The molecule has 0 aliphatic carbocycles. The van der Waals surface area contributed by atoms with E-state index in [0.717, 1.165) is 35.0 Å². The van der Waals surface area contributed by atoms with Crippen molar-refractivity contribution in [2.75, 3.05) is 31.5 Å². The van der Waals surface area contributed by atoms with Crippen LogP contribution < -0.4 is 5.32 Å². The molecule has 1 aliphatic heterocycles. The highest BCUT2D eigenvalue weighted by atomic mass is 16.2. The summed E-state index contributed by atoms with van der Waals surface area (Å²) in [6.07, 6.45) is 3.47. The lowest BCUT2D eigenvalue weighted by Gasteiger charge is -2.32. The molecule has 35 heavy (non-hydrogen) atoms. The van der Waals surface area contributed by atoms with Crippen molar-refractivity contribution < 1.29 is 14.4 Å². The van der Waals surface area contributed by atoms with Crippen molar-refractivity contribution in [2.24, 2.45) is 5.92 Å². The van der Waals surface area contributed by atoms with E-state index < -0.39 is 0 Å². The van der Waals surface area contributed by atoms with Crippen molar-refractivity contribution in [3.63, 3.8) is 0 Å². The minimum absolute atomic E-state index is 0.0236. The number of aromatic nitrogens is 1. The molecule has 1 unspecified atom stereocenters. The van der Waals surface area contributed by atoms with E-state index in [0.29, 0.717) is 38.3 Å². The van der Waals surface area contributed by atoms with Crippen molar-refractivity contribution in [1.29, 1.82) is 0 Å². The number of likely N-dealkylation sites (tertiary alicyclic amines) is 1. The highest BCUT2D eigenvalue weighted by Crippen LogP contribution is 2.24. The lowest BCUT2D eigenvalue weighted by Crippen LogP contribution is -2.43. The van der Waals surface area contributed by atoms with Crippen LogP contribution in [-0.2, 0) is 16.1 Å². The molecule has 0 saturated carbocycles. The monoisotopic (exact) mass is 474 g/mol. The Morgan fingerprint density at radius 1 is 1.03 bits per heavy atom. The first-order valence-corrected chi connectivity index (χ1v) is 12.4. The first-order valence-electron chi connectivity index (χ1n) is 12.4. The quantitative estimate of drug-likeness (QED) is 0.555. The van der Waals surface area contributed by atoms with Gasteiger partial charge in [-0.05, 0) is 70.0 Å². The van der Waals surface area contributed by atoms with Crippen molar-refractivity contribution in [3.05, 3.63) is 65.9 Å². The highest BCUT2D eigenvalue weighted by Gasteiger charge is 2.29. The van der Waals surface area contributed by atoms with E-state index in [1.165, 1.54) is 0 Å². The number of anilines is 1. The predicted molar refractivity (Wildman–Crippen MR) is 138 cm³/mol. The van der Waals surface area contributed by atoms with Crippen molar-refractivity contribution >= 4 is 34.3 Å². The van der Waals surface area contributed by atoms with Crippen LogP contribution in [0.3, 0.4) is 0 Å². The fourth-order valence-corrected chi connectivity index (χ4v) is 4.74. The Kier molecular flexibility index (Phi) is 7.54. The smallest absolute Gasteiger partial charge is 0.253 e. The minimum Gasteiger partial charge on any atom is -0.342 e. The zero-order valence-corrected chi connectivity index (χ0v) is 20.8. The molecule has 0 radical (unpaired) electrons. The second kappa shape index (κ2) is 10.8. The number of nitrogens with one attached hydrogen (secondary N) is 1. The first kappa shape index (κ1) is 24.5. The Morgan fingerprint density at radius 2 is 1.77 bits per heavy atom. The number of fused-ring (bicyclic) bond motifs is 1. The zero-order valence-electron chi connectivity index (χ0n) is 20.8. The van der Waals surface area contributed by atoms with Gasteiger partial charge in [0.1, 0.15) is 6.54 Å². The maximum atomic E-state index is 13.0. The zero-order chi connectivity index (χ0) is 24.9. The summed E-state index contributed by atoms with van der Waals surface area (Å²) in [7, 11) is 0. The number of hydrogen-bond acceptors (Lipinski definition) is 3. The third kappa shape index (κ3) is 5.56. The molecule has 1 N–H and O–H groups in total. The van der Waals surface area contributed by atoms with Crippen LogP contribution in [-0.4, -0.2) is 58.3 Å². The van der Waals surface area contributed by atoms with Crippen LogP contribution in [0.4, 0.5) is 5.69 Å². The Morgan fingerprint density at radius 3 is 2.49 bits per heavy atom. The molecule has 0 bridgehead atoms. The van der Waals surface area contributed by atoms with Crippen molar-refractivity contribution in [1.82, 2.24) is 14.4 Å². The van der Waals surface area contributed by atoms with Gasteiger partial charge in [-0.15, -0.1) is 0 Å². The number of carbonyl (C=O) groups is 3. The Labute approximate surface area is 206 Å². The van der Waals surface area contributed by atoms with Crippen LogP contribution in [0.2, 0.25) is 0 Å². The van der Waals surface area contributed by atoms with Gasteiger partial charge < -0.3 is 19.7 Å². The van der Waals surface area contributed by atoms with E-state index in [9.17, 15) is 14.4 Å². The van der Waals surface area contributed by atoms with E-state index in [4.69, 9.17) is 0 Å². The van der Waals surface area contributed by atoms with E-state index in [1.807, 2.05) is 85.0 Å².